The standard InChI is InChI=1S/C13H19NO2/c1-10(2)13(16)14-9-8-12(15)11-6-4-3-5-7-11/h3-7,10,12,15H,8-9H2,1-2H3,(H,14,16). The quantitative estimate of drug-likeness (QED) is 0.797. The van der Waals surface area contributed by atoms with Gasteiger partial charge < -0.3 is 10.4 Å². The van der Waals surface area contributed by atoms with Gasteiger partial charge in [0.15, 0.2) is 0 Å². The topological polar surface area (TPSA) is 49.3 Å². The van der Waals surface area contributed by atoms with Gasteiger partial charge in [-0.15, -0.1) is 0 Å². The highest BCUT2D eigenvalue weighted by molar-refractivity contribution is 5.77. The van der Waals surface area contributed by atoms with Crippen LogP contribution in [0.3, 0.4) is 0 Å². The zero-order valence-corrected chi connectivity index (χ0v) is 9.81. The van der Waals surface area contributed by atoms with E-state index in [2.05, 4.69) is 5.32 Å². The molecule has 0 heterocycles. The third kappa shape index (κ3) is 4.03. The van der Waals surface area contributed by atoms with Crippen LogP contribution in [0.15, 0.2) is 30.3 Å². The van der Waals surface area contributed by atoms with Crippen LogP contribution < -0.4 is 5.32 Å². The molecular weight excluding hydrogens is 202 g/mol. The molecule has 1 aromatic carbocycles. The number of carbonyl (C=O) groups excluding carboxylic acids is 1. The van der Waals surface area contributed by atoms with Crippen molar-refractivity contribution in [3.63, 3.8) is 0 Å². The maximum Gasteiger partial charge on any atom is 0.222 e. The predicted octanol–water partition coefficient (Wildman–Crippen LogP) is 1.88. The van der Waals surface area contributed by atoms with E-state index in [4.69, 9.17) is 0 Å². The fourth-order valence-corrected chi connectivity index (χ4v) is 1.38. The zero-order valence-electron chi connectivity index (χ0n) is 9.81. The van der Waals surface area contributed by atoms with Gasteiger partial charge in [-0.3, -0.25) is 4.79 Å². The van der Waals surface area contributed by atoms with E-state index in [9.17, 15) is 9.90 Å². The van der Waals surface area contributed by atoms with E-state index in [1.807, 2.05) is 44.2 Å². The van der Waals surface area contributed by atoms with E-state index in [0.717, 1.165) is 5.56 Å². The Morgan fingerprint density at radius 1 is 1.31 bits per heavy atom. The van der Waals surface area contributed by atoms with Crippen LogP contribution in [0.2, 0.25) is 0 Å². The fraction of sp³-hybridized carbons (Fsp3) is 0.462. The van der Waals surface area contributed by atoms with Crippen LogP contribution in [0.5, 0.6) is 0 Å². The molecule has 0 saturated heterocycles. The molecular formula is C13H19NO2. The molecule has 1 unspecified atom stereocenters. The molecule has 1 rings (SSSR count). The summed E-state index contributed by atoms with van der Waals surface area (Å²) in [5.41, 5.74) is 0.890. The minimum absolute atomic E-state index is 0.00568. The first-order valence-electron chi connectivity index (χ1n) is 5.62. The molecule has 0 aliphatic carbocycles. The largest absolute Gasteiger partial charge is 0.388 e. The van der Waals surface area contributed by atoms with Crippen molar-refractivity contribution in [2.24, 2.45) is 5.92 Å². The smallest absolute Gasteiger partial charge is 0.222 e. The van der Waals surface area contributed by atoms with E-state index < -0.39 is 6.10 Å². The number of benzene rings is 1. The van der Waals surface area contributed by atoms with Gasteiger partial charge in [-0.25, -0.2) is 0 Å². The lowest BCUT2D eigenvalue weighted by Gasteiger charge is -2.12. The van der Waals surface area contributed by atoms with Gasteiger partial charge in [0, 0.05) is 12.5 Å². The summed E-state index contributed by atoms with van der Waals surface area (Å²) in [6.45, 7) is 4.21. The van der Waals surface area contributed by atoms with Crippen LogP contribution in [-0.2, 0) is 4.79 Å². The third-order valence-electron chi connectivity index (χ3n) is 2.43. The molecule has 0 radical (unpaired) electrons. The van der Waals surface area contributed by atoms with Gasteiger partial charge in [0.1, 0.15) is 0 Å². The average molecular weight is 221 g/mol. The molecule has 0 saturated carbocycles. The van der Waals surface area contributed by atoms with Gasteiger partial charge in [0.25, 0.3) is 0 Å². The van der Waals surface area contributed by atoms with E-state index in [1.165, 1.54) is 0 Å². The summed E-state index contributed by atoms with van der Waals surface area (Å²) < 4.78 is 0. The van der Waals surface area contributed by atoms with E-state index in [0.29, 0.717) is 13.0 Å². The van der Waals surface area contributed by atoms with Crippen LogP contribution >= 0.6 is 0 Å². The van der Waals surface area contributed by atoms with Crippen LogP contribution in [-0.4, -0.2) is 17.6 Å². The molecule has 0 spiro atoms. The lowest BCUT2D eigenvalue weighted by molar-refractivity contribution is -0.124. The number of rotatable bonds is 5. The Hall–Kier alpha value is -1.35. The molecule has 0 aliphatic rings. The first-order chi connectivity index (χ1) is 7.61. The second-order valence-electron chi connectivity index (χ2n) is 4.16. The van der Waals surface area contributed by atoms with Crippen LogP contribution in [0.1, 0.15) is 31.9 Å². The molecule has 1 aromatic rings. The van der Waals surface area contributed by atoms with Crippen LogP contribution in [0.4, 0.5) is 0 Å². The number of aliphatic hydroxyl groups is 1. The van der Waals surface area contributed by atoms with Gasteiger partial charge in [-0.05, 0) is 12.0 Å². The molecule has 1 amide bonds. The number of hydrogen-bond donors (Lipinski definition) is 2. The molecule has 2 N–H and O–H groups in total. The summed E-state index contributed by atoms with van der Waals surface area (Å²) >= 11 is 0. The van der Waals surface area contributed by atoms with Crippen molar-refractivity contribution < 1.29 is 9.90 Å². The van der Waals surface area contributed by atoms with Gasteiger partial charge in [-0.2, -0.15) is 0 Å². The molecule has 0 fully saturated rings. The Morgan fingerprint density at radius 2 is 1.94 bits per heavy atom. The molecule has 0 aliphatic heterocycles. The highest BCUT2D eigenvalue weighted by atomic mass is 16.3. The third-order valence-corrected chi connectivity index (χ3v) is 2.43. The molecule has 3 heteroatoms. The summed E-state index contributed by atoms with van der Waals surface area (Å²) in [6.07, 6.45) is 0.0383. The van der Waals surface area contributed by atoms with Gasteiger partial charge in [0.2, 0.25) is 5.91 Å². The fourth-order valence-electron chi connectivity index (χ4n) is 1.38. The first-order valence-corrected chi connectivity index (χ1v) is 5.62. The number of aliphatic hydroxyl groups excluding tert-OH is 1. The summed E-state index contributed by atoms with van der Waals surface area (Å²) in [5, 5.41) is 12.6. The normalized spacial score (nSPS) is 12.5. The summed E-state index contributed by atoms with van der Waals surface area (Å²) in [6, 6.07) is 9.47. The van der Waals surface area contributed by atoms with Crippen molar-refractivity contribution in [3.8, 4) is 0 Å². The van der Waals surface area contributed by atoms with Crippen molar-refractivity contribution in [1.29, 1.82) is 0 Å². The second kappa shape index (κ2) is 6.28. The van der Waals surface area contributed by atoms with Crippen molar-refractivity contribution in [2.75, 3.05) is 6.54 Å². The predicted molar refractivity (Wildman–Crippen MR) is 63.9 cm³/mol. The zero-order chi connectivity index (χ0) is 12.0. The van der Waals surface area contributed by atoms with Gasteiger partial charge in [0.05, 0.1) is 6.10 Å². The Labute approximate surface area is 96.5 Å². The maximum atomic E-state index is 11.3. The molecule has 1 atom stereocenters. The van der Waals surface area contributed by atoms with E-state index in [1.54, 1.807) is 0 Å². The Kier molecular flexibility index (Phi) is 4.99. The summed E-state index contributed by atoms with van der Waals surface area (Å²) in [7, 11) is 0. The summed E-state index contributed by atoms with van der Waals surface area (Å²) in [4.78, 5) is 11.3. The number of hydrogen-bond acceptors (Lipinski definition) is 2. The van der Waals surface area contributed by atoms with Crippen molar-refractivity contribution in [2.45, 2.75) is 26.4 Å². The Morgan fingerprint density at radius 3 is 2.50 bits per heavy atom. The number of amides is 1. The minimum atomic E-state index is -0.506. The number of carbonyl (C=O) groups is 1. The van der Waals surface area contributed by atoms with Crippen molar-refractivity contribution >= 4 is 5.91 Å². The molecule has 0 aromatic heterocycles. The highest BCUT2D eigenvalue weighted by Crippen LogP contribution is 2.14. The van der Waals surface area contributed by atoms with Crippen LogP contribution in [0.25, 0.3) is 0 Å². The number of nitrogens with one attached hydrogen (secondary N) is 1. The minimum Gasteiger partial charge on any atom is -0.388 e. The molecule has 3 nitrogen and oxygen atoms in total. The SMILES string of the molecule is CC(C)C(=O)NCCC(O)c1ccccc1. The highest BCUT2D eigenvalue weighted by Gasteiger charge is 2.09. The molecule has 16 heavy (non-hydrogen) atoms. The summed E-state index contributed by atoms with van der Waals surface area (Å²) in [5.74, 6) is 0.0223. The first kappa shape index (κ1) is 12.7. The molecule has 0 bridgehead atoms. The lowest BCUT2D eigenvalue weighted by Crippen LogP contribution is -2.29. The van der Waals surface area contributed by atoms with Gasteiger partial charge in [-0.1, -0.05) is 44.2 Å². The van der Waals surface area contributed by atoms with Crippen LogP contribution in [0, 0.1) is 5.92 Å². The van der Waals surface area contributed by atoms with Gasteiger partial charge >= 0.3 is 0 Å². The van der Waals surface area contributed by atoms with E-state index >= 15 is 0 Å². The molecule has 88 valence electrons. The van der Waals surface area contributed by atoms with E-state index in [-0.39, 0.29) is 11.8 Å². The Balaban J connectivity index is 2.31. The average Bonchev–Trinajstić information content (AvgIpc) is 2.29. The maximum absolute atomic E-state index is 11.3. The van der Waals surface area contributed by atoms with Crippen molar-refractivity contribution in [3.05, 3.63) is 35.9 Å². The Bertz CT molecular complexity index is 322. The monoisotopic (exact) mass is 221 g/mol. The lowest BCUT2D eigenvalue weighted by atomic mass is 10.1. The van der Waals surface area contributed by atoms with Crippen molar-refractivity contribution in [1.82, 2.24) is 5.32 Å². The second-order valence-corrected chi connectivity index (χ2v) is 4.16.